The predicted octanol–water partition coefficient (Wildman–Crippen LogP) is 3.40. The summed E-state index contributed by atoms with van der Waals surface area (Å²) in [6.07, 6.45) is 1.42. The lowest BCUT2D eigenvalue weighted by Gasteiger charge is -2.17. The van der Waals surface area contributed by atoms with E-state index in [9.17, 15) is 14.0 Å². The van der Waals surface area contributed by atoms with E-state index in [-0.39, 0.29) is 18.3 Å². The molecule has 0 aliphatic carbocycles. The summed E-state index contributed by atoms with van der Waals surface area (Å²) in [5, 5.41) is 8.60. The molecule has 0 aromatic heterocycles. The average Bonchev–Trinajstić information content (AvgIpc) is 2.75. The monoisotopic (exact) mass is 431 g/mol. The number of benzene rings is 2. The highest BCUT2D eigenvalue weighted by Crippen LogP contribution is 2.27. The van der Waals surface area contributed by atoms with Crippen LogP contribution in [0.5, 0.6) is 0 Å². The lowest BCUT2D eigenvalue weighted by atomic mass is 10.1. The lowest BCUT2D eigenvalue weighted by molar-refractivity contribution is -0.117. The molecule has 2 aromatic rings. The number of nitrogens with one attached hydrogen (secondary N) is 3. The highest BCUT2D eigenvalue weighted by Gasteiger charge is 2.16. The topological polar surface area (TPSA) is 132 Å². The summed E-state index contributed by atoms with van der Waals surface area (Å²) >= 11 is 0. The number of unbranched alkanes of at least 4 members (excludes halogenated alkanes) is 1. The summed E-state index contributed by atoms with van der Waals surface area (Å²) in [6.45, 7) is 2.92. The number of carbonyl (C=O) groups excluding carboxylic acids is 2. The molecule has 168 valence electrons. The van der Waals surface area contributed by atoms with E-state index in [0.717, 1.165) is 18.4 Å². The molecule has 0 heterocycles. The van der Waals surface area contributed by atoms with Crippen molar-refractivity contribution in [3.05, 3.63) is 53.8 Å². The molecule has 7 N–H and O–H groups in total. The molecule has 0 aliphatic rings. The molecule has 2 rings (SSSR count). The Morgan fingerprint density at radius 2 is 1.81 bits per heavy atom. The first-order valence-electron chi connectivity index (χ1n) is 10.3. The zero-order chi connectivity index (χ0) is 22.6. The zero-order valence-electron chi connectivity index (χ0n) is 17.6. The molecule has 0 saturated heterocycles. The Morgan fingerprint density at radius 1 is 1.06 bits per heavy atom. The predicted molar refractivity (Wildman–Crippen MR) is 120 cm³/mol. The van der Waals surface area contributed by atoms with Crippen molar-refractivity contribution in [3.63, 3.8) is 0 Å². The Hall–Kier alpha value is -3.17. The molecule has 8 nitrogen and oxygen atoms in total. The number of ether oxygens (including phenoxy) is 1. The van der Waals surface area contributed by atoms with Gasteiger partial charge in [-0.1, -0.05) is 18.6 Å². The molecule has 1 atom stereocenters. The number of hydrogen-bond donors (Lipinski definition) is 5. The van der Waals surface area contributed by atoms with Gasteiger partial charge in [-0.15, -0.1) is 0 Å². The Labute approximate surface area is 181 Å². The van der Waals surface area contributed by atoms with E-state index < -0.39 is 12.1 Å². The van der Waals surface area contributed by atoms with E-state index in [1.807, 2.05) is 0 Å². The summed E-state index contributed by atoms with van der Waals surface area (Å²) in [5.74, 6) is -0.662. The quantitative estimate of drug-likeness (QED) is 0.347. The molecule has 2 aromatic carbocycles. The number of anilines is 3. The van der Waals surface area contributed by atoms with Crippen LogP contribution in [0.4, 0.5) is 26.2 Å². The average molecular weight is 432 g/mol. The molecule has 2 amide bonds. The van der Waals surface area contributed by atoms with Gasteiger partial charge in [-0.2, -0.15) is 0 Å². The van der Waals surface area contributed by atoms with Crippen molar-refractivity contribution in [1.29, 1.82) is 0 Å². The minimum Gasteiger partial charge on any atom is -0.450 e. The maximum Gasteiger partial charge on any atom is 0.411 e. The molecule has 9 heteroatoms. The maximum absolute atomic E-state index is 13.1. The molecule has 0 saturated carbocycles. The first kappa shape index (κ1) is 24.1. The van der Waals surface area contributed by atoms with E-state index >= 15 is 0 Å². The molecular weight excluding hydrogens is 401 g/mol. The third-order valence-corrected chi connectivity index (χ3v) is 4.51. The van der Waals surface area contributed by atoms with E-state index in [4.69, 9.17) is 16.2 Å². The van der Waals surface area contributed by atoms with Crippen LogP contribution in [0, 0.1) is 5.82 Å². The van der Waals surface area contributed by atoms with E-state index in [1.54, 1.807) is 37.3 Å². The molecular formula is C22H30FN5O3. The molecule has 0 bridgehead atoms. The SMILES string of the molecule is CCOC(=O)Nc1ccc(NCc2ccc(F)cc2)cc1NC(=O)[C@H](N)CCCCN. The number of amides is 2. The third kappa shape index (κ3) is 8.23. The zero-order valence-corrected chi connectivity index (χ0v) is 17.6. The van der Waals surface area contributed by atoms with Crippen LogP contribution in [0.15, 0.2) is 42.5 Å². The van der Waals surface area contributed by atoms with Crippen LogP contribution in [0.25, 0.3) is 0 Å². The second-order valence-electron chi connectivity index (χ2n) is 6.97. The fourth-order valence-electron chi connectivity index (χ4n) is 2.82. The fourth-order valence-corrected chi connectivity index (χ4v) is 2.82. The van der Waals surface area contributed by atoms with Crippen LogP contribution in [-0.4, -0.2) is 31.2 Å². The van der Waals surface area contributed by atoms with Crippen LogP contribution in [-0.2, 0) is 16.1 Å². The van der Waals surface area contributed by atoms with Gasteiger partial charge in [0.25, 0.3) is 0 Å². The summed E-state index contributed by atoms with van der Waals surface area (Å²) in [7, 11) is 0. The molecule has 0 unspecified atom stereocenters. The first-order chi connectivity index (χ1) is 14.9. The fraction of sp³-hybridized carbons (Fsp3) is 0.364. The van der Waals surface area contributed by atoms with Crippen molar-refractivity contribution >= 4 is 29.1 Å². The van der Waals surface area contributed by atoms with Crippen molar-refractivity contribution in [1.82, 2.24) is 0 Å². The summed E-state index contributed by atoms with van der Waals surface area (Å²) in [4.78, 5) is 24.4. The number of hydrogen-bond acceptors (Lipinski definition) is 6. The third-order valence-electron chi connectivity index (χ3n) is 4.51. The van der Waals surface area contributed by atoms with Gasteiger partial charge in [-0.3, -0.25) is 10.1 Å². The van der Waals surface area contributed by atoms with Gasteiger partial charge in [0.05, 0.1) is 24.0 Å². The van der Waals surface area contributed by atoms with E-state index in [0.29, 0.717) is 36.6 Å². The molecule has 31 heavy (non-hydrogen) atoms. The Morgan fingerprint density at radius 3 is 2.48 bits per heavy atom. The highest BCUT2D eigenvalue weighted by atomic mass is 19.1. The maximum atomic E-state index is 13.1. The van der Waals surface area contributed by atoms with Crippen LogP contribution in [0.3, 0.4) is 0 Å². The van der Waals surface area contributed by atoms with Crippen molar-refractivity contribution in [2.45, 2.75) is 38.8 Å². The Balaban J connectivity index is 2.13. The molecule has 0 spiro atoms. The van der Waals surface area contributed by atoms with E-state index in [2.05, 4.69) is 16.0 Å². The summed E-state index contributed by atoms with van der Waals surface area (Å²) < 4.78 is 18.0. The normalized spacial score (nSPS) is 11.5. The van der Waals surface area contributed by atoms with Gasteiger partial charge >= 0.3 is 6.09 Å². The van der Waals surface area contributed by atoms with Gasteiger partial charge in [0.2, 0.25) is 5.91 Å². The minimum absolute atomic E-state index is 0.219. The second kappa shape index (κ2) is 12.5. The van der Waals surface area contributed by atoms with Gasteiger partial charge in [0.1, 0.15) is 5.82 Å². The number of halogens is 1. The number of rotatable bonds is 11. The molecule has 0 radical (unpaired) electrons. The summed E-state index contributed by atoms with van der Waals surface area (Å²) in [6, 6.07) is 10.5. The van der Waals surface area contributed by atoms with Gasteiger partial charge in [0.15, 0.2) is 0 Å². The van der Waals surface area contributed by atoms with Gasteiger partial charge in [-0.05, 0) is 62.2 Å². The molecule has 0 aliphatic heterocycles. The lowest BCUT2D eigenvalue weighted by Crippen LogP contribution is -2.35. The van der Waals surface area contributed by atoms with Crippen molar-refractivity contribution in [3.8, 4) is 0 Å². The van der Waals surface area contributed by atoms with Crippen molar-refractivity contribution < 1.29 is 18.7 Å². The smallest absolute Gasteiger partial charge is 0.411 e. The Bertz CT molecular complexity index is 861. The van der Waals surface area contributed by atoms with Crippen molar-refractivity contribution in [2.24, 2.45) is 11.5 Å². The van der Waals surface area contributed by atoms with Crippen LogP contribution >= 0.6 is 0 Å². The second-order valence-corrected chi connectivity index (χ2v) is 6.97. The van der Waals surface area contributed by atoms with Crippen LogP contribution in [0.2, 0.25) is 0 Å². The van der Waals surface area contributed by atoms with Gasteiger partial charge < -0.3 is 26.8 Å². The summed E-state index contributed by atoms with van der Waals surface area (Å²) in [5.41, 5.74) is 13.8. The molecule has 0 fully saturated rings. The van der Waals surface area contributed by atoms with Crippen LogP contribution < -0.4 is 27.4 Å². The van der Waals surface area contributed by atoms with Gasteiger partial charge in [0, 0.05) is 12.2 Å². The number of carbonyl (C=O) groups is 2. The van der Waals surface area contributed by atoms with Gasteiger partial charge in [-0.25, -0.2) is 9.18 Å². The first-order valence-corrected chi connectivity index (χ1v) is 10.3. The minimum atomic E-state index is -0.696. The Kier molecular flexibility index (Phi) is 9.73. The van der Waals surface area contributed by atoms with Crippen molar-refractivity contribution in [2.75, 3.05) is 29.1 Å². The van der Waals surface area contributed by atoms with Crippen LogP contribution in [0.1, 0.15) is 31.7 Å². The highest BCUT2D eigenvalue weighted by molar-refractivity contribution is 6.00. The van der Waals surface area contributed by atoms with E-state index in [1.165, 1.54) is 12.1 Å². The standard InChI is InChI=1S/C22H30FN5O3/c1-2-31-22(30)28-19-11-10-17(26-14-15-6-8-16(23)9-7-15)13-20(19)27-21(29)18(25)5-3-4-12-24/h6-11,13,18,26H,2-5,12,14,24-25H2,1H3,(H,27,29)(H,28,30)/t18-/m1/s1. The number of nitrogens with two attached hydrogens (primary N) is 2. The largest absolute Gasteiger partial charge is 0.450 e.